The predicted molar refractivity (Wildman–Crippen MR) is 75.9 cm³/mol. The van der Waals surface area contributed by atoms with Crippen molar-refractivity contribution in [1.82, 2.24) is 0 Å². The second-order valence-corrected chi connectivity index (χ2v) is 5.52. The molecule has 0 spiro atoms. The Bertz CT molecular complexity index is 616. The minimum absolute atomic E-state index is 0.0169. The fraction of sp³-hybridized carbons (Fsp3) is 0. The summed E-state index contributed by atoms with van der Waals surface area (Å²) in [6, 6.07) is 4.78. The van der Waals surface area contributed by atoms with Crippen molar-refractivity contribution >= 4 is 44.6 Å². The summed E-state index contributed by atoms with van der Waals surface area (Å²) in [5, 5.41) is 36.6. The van der Waals surface area contributed by atoms with Crippen molar-refractivity contribution in [2.45, 2.75) is 0 Å². The van der Waals surface area contributed by atoms with E-state index in [0.29, 0.717) is 22.7 Å². The molecule has 2 aromatic rings. The first-order valence-electron chi connectivity index (χ1n) is 5.17. The van der Waals surface area contributed by atoms with Crippen LogP contribution in [-0.4, -0.2) is 32.0 Å². The molecule has 0 aliphatic rings. The largest absolute Gasteiger partial charge is 0.477 e. The number of hydrogen-bond donors (Lipinski definition) is 2. The molecule has 2 rings (SSSR count). The molecule has 2 heterocycles. The van der Waals surface area contributed by atoms with E-state index in [4.69, 9.17) is 10.2 Å². The van der Waals surface area contributed by atoms with E-state index < -0.39 is 21.8 Å². The van der Waals surface area contributed by atoms with Gasteiger partial charge in [0.25, 0.3) is 0 Å². The van der Waals surface area contributed by atoms with E-state index in [1.54, 1.807) is 0 Å². The van der Waals surface area contributed by atoms with E-state index in [2.05, 4.69) is 0 Å². The molecule has 10 nitrogen and oxygen atoms in total. The molecule has 2 aromatic heterocycles. The quantitative estimate of drug-likeness (QED) is 0.630. The lowest BCUT2D eigenvalue weighted by atomic mass is 10.5. The lowest BCUT2D eigenvalue weighted by molar-refractivity contribution is -0.380. The van der Waals surface area contributed by atoms with Gasteiger partial charge in [-0.15, -0.1) is 0 Å². The van der Waals surface area contributed by atoms with E-state index >= 15 is 0 Å². The molecule has 0 saturated heterocycles. The molecule has 116 valence electrons. The summed E-state index contributed by atoms with van der Waals surface area (Å²) in [5.41, 5.74) is 0. The van der Waals surface area contributed by atoms with Crippen LogP contribution in [0.25, 0.3) is 0 Å². The van der Waals surface area contributed by atoms with Gasteiger partial charge >= 0.3 is 21.9 Å². The van der Waals surface area contributed by atoms with Gasteiger partial charge in [-0.25, -0.2) is 9.59 Å². The van der Waals surface area contributed by atoms with Gasteiger partial charge in [-0.05, 0) is 12.1 Å². The maximum Gasteiger partial charge on any atom is 0.346 e. The lowest BCUT2D eigenvalue weighted by Gasteiger charge is -1.81. The van der Waals surface area contributed by atoms with Gasteiger partial charge in [0.15, 0.2) is 0 Å². The highest BCUT2D eigenvalue weighted by molar-refractivity contribution is 7.17. The van der Waals surface area contributed by atoms with E-state index in [1.165, 1.54) is 24.3 Å². The van der Waals surface area contributed by atoms with Crippen LogP contribution < -0.4 is 0 Å². The first kappa shape index (κ1) is 17.2. The summed E-state index contributed by atoms with van der Waals surface area (Å²) >= 11 is 1.30. The number of carbonyl (C=O) groups is 2. The molecule has 0 fully saturated rings. The van der Waals surface area contributed by atoms with E-state index in [9.17, 15) is 29.8 Å². The van der Waals surface area contributed by atoms with Crippen LogP contribution in [0.4, 0.5) is 10.0 Å². The van der Waals surface area contributed by atoms with Crippen molar-refractivity contribution in [3.63, 3.8) is 0 Å². The number of nitro groups is 2. The average molecular weight is 346 g/mol. The van der Waals surface area contributed by atoms with Crippen LogP contribution in [-0.2, 0) is 0 Å². The first-order valence-corrected chi connectivity index (χ1v) is 6.80. The number of carboxylic acids is 2. The minimum Gasteiger partial charge on any atom is -0.477 e. The molecular weight excluding hydrogens is 340 g/mol. The highest BCUT2D eigenvalue weighted by atomic mass is 32.1. The number of carboxylic acid groups (broad SMARTS) is 2. The average Bonchev–Trinajstić information content (AvgIpc) is 3.09. The second-order valence-electron chi connectivity index (χ2n) is 3.40. The van der Waals surface area contributed by atoms with Crippen LogP contribution in [0, 0.1) is 20.2 Å². The monoisotopic (exact) mass is 346 g/mol. The van der Waals surface area contributed by atoms with Crippen molar-refractivity contribution in [2.75, 3.05) is 0 Å². The molecule has 0 amide bonds. The Balaban J connectivity index is 0.000000220. The number of thiophene rings is 2. The molecule has 0 bridgehead atoms. The Kier molecular flexibility index (Phi) is 5.65. The number of rotatable bonds is 4. The topological polar surface area (TPSA) is 161 Å². The van der Waals surface area contributed by atoms with Gasteiger partial charge in [0.2, 0.25) is 0 Å². The summed E-state index contributed by atoms with van der Waals surface area (Å²) in [7, 11) is 0. The highest BCUT2D eigenvalue weighted by Gasteiger charge is 2.14. The summed E-state index contributed by atoms with van der Waals surface area (Å²) in [5.74, 6) is -2.27. The van der Waals surface area contributed by atoms with Crippen molar-refractivity contribution in [1.29, 1.82) is 0 Å². The van der Waals surface area contributed by atoms with Crippen molar-refractivity contribution in [2.24, 2.45) is 0 Å². The van der Waals surface area contributed by atoms with Crippen LogP contribution in [0.5, 0.6) is 0 Å². The molecule has 22 heavy (non-hydrogen) atoms. The third-order valence-corrected chi connectivity index (χ3v) is 4.01. The fourth-order valence-corrected chi connectivity index (χ4v) is 2.40. The van der Waals surface area contributed by atoms with E-state index in [0.717, 1.165) is 0 Å². The summed E-state index contributed by atoms with van der Waals surface area (Å²) in [6.07, 6.45) is 0. The van der Waals surface area contributed by atoms with Gasteiger partial charge < -0.3 is 10.2 Å². The SMILES string of the molecule is O=C(O)c1ccc([N+](=O)[O-])s1.O=C(O)c1ccc([N+](=O)[O-])s1. The van der Waals surface area contributed by atoms with Crippen LogP contribution in [0.2, 0.25) is 0 Å². The summed E-state index contributed by atoms with van der Waals surface area (Å²) < 4.78 is 0. The van der Waals surface area contributed by atoms with Gasteiger partial charge in [-0.3, -0.25) is 20.2 Å². The van der Waals surface area contributed by atoms with Crippen LogP contribution in [0.3, 0.4) is 0 Å². The van der Waals surface area contributed by atoms with Gasteiger partial charge in [-0.2, -0.15) is 0 Å². The Hall–Kier alpha value is -2.86. The number of hydrogen-bond acceptors (Lipinski definition) is 8. The number of aromatic carboxylic acids is 2. The van der Waals surface area contributed by atoms with Crippen molar-refractivity contribution in [3.8, 4) is 0 Å². The van der Waals surface area contributed by atoms with Gasteiger partial charge in [0.1, 0.15) is 9.75 Å². The zero-order valence-electron chi connectivity index (χ0n) is 10.4. The second kappa shape index (κ2) is 7.24. The van der Waals surface area contributed by atoms with Gasteiger partial charge in [-0.1, -0.05) is 22.7 Å². The zero-order valence-corrected chi connectivity index (χ0v) is 12.0. The predicted octanol–water partition coefficient (Wildman–Crippen LogP) is 2.71. The maximum absolute atomic E-state index is 10.2. The molecule has 0 unspecified atom stereocenters. The highest BCUT2D eigenvalue weighted by Crippen LogP contribution is 2.24. The Morgan fingerprint density at radius 3 is 1.27 bits per heavy atom. The summed E-state index contributed by atoms with van der Waals surface area (Å²) in [4.78, 5) is 39.3. The molecule has 0 saturated carbocycles. The standard InChI is InChI=1S/2C5H3NO4S/c2*7-5(8)3-1-2-4(11-3)6(9)10/h2*1-2H,(H,7,8). The Morgan fingerprint density at radius 2 is 1.14 bits per heavy atom. The van der Waals surface area contributed by atoms with Gasteiger partial charge in [0.05, 0.1) is 9.85 Å². The minimum atomic E-state index is -1.14. The molecule has 0 radical (unpaired) electrons. The van der Waals surface area contributed by atoms with Crippen molar-refractivity contribution < 1.29 is 29.6 Å². The maximum atomic E-state index is 10.2. The van der Waals surface area contributed by atoms with E-state index in [1.807, 2.05) is 0 Å². The zero-order chi connectivity index (χ0) is 16.9. The molecule has 2 N–H and O–H groups in total. The molecule has 0 aromatic carbocycles. The normalized spacial score (nSPS) is 9.45. The third-order valence-electron chi connectivity index (χ3n) is 1.97. The van der Waals surface area contributed by atoms with Crippen LogP contribution in [0.1, 0.15) is 19.3 Å². The summed E-state index contributed by atoms with van der Waals surface area (Å²) in [6.45, 7) is 0. The molecular formula is C10H6N2O8S2. The molecule has 12 heteroatoms. The smallest absolute Gasteiger partial charge is 0.346 e. The van der Waals surface area contributed by atoms with Crippen LogP contribution >= 0.6 is 22.7 Å². The third kappa shape index (κ3) is 4.60. The molecule has 0 atom stereocenters. The fourth-order valence-electron chi connectivity index (χ4n) is 1.08. The lowest BCUT2D eigenvalue weighted by Crippen LogP contribution is -1.89. The van der Waals surface area contributed by atoms with Gasteiger partial charge in [0, 0.05) is 12.1 Å². The Morgan fingerprint density at radius 1 is 0.818 bits per heavy atom. The Labute approximate surface area is 129 Å². The first-order chi connectivity index (χ1) is 10.2. The molecule has 0 aliphatic heterocycles. The molecule has 0 aliphatic carbocycles. The van der Waals surface area contributed by atoms with Crippen molar-refractivity contribution in [3.05, 3.63) is 54.2 Å². The number of nitrogens with zero attached hydrogens (tertiary/aromatic N) is 2. The van der Waals surface area contributed by atoms with Crippen LogP contribution in [0.15, 0.2) is 24.3 Å². The van der Waals surface area contributed by atoms with E-state index in [-0.39, 0.29) is 19.8 Å².